The number of pyridine rings is 1. The molecular formula is C10H14ClN3O. The quantitative estimate of drug-likeness (QED) is 0.810. The van der Waals surface area contributed by atoms with E-state index in [1.807, 2.05) is 0 Å². The number of halogens is 1. The first-order chi connectivity index (χ1) is 7.09. The van der Waals surface area contributed by atoms with Gasteiger partial charge < -0.3 is 15.8 Å². The highest BCUT2D eigenvalue weighted by Crippen LogP contribution is 2.27. The Hall–Kier alpha value is -1.00. The zero-order valence-electron chi connectivity index (χ0n) is 8.59. The van der Waals surface area contributed by atoms with E-state index in [9.17, 15) is 0 Å². The average molecular weight is 228 g/mol. The minimum Gasteiger partial charge on any atom is -0.397 e. The van der Waals surface area contributed by atoms with Gasteiger partial charge in [0.05, 0.1) is 29.1 Å². The van der Waals surface area contributed by atoms with Crippen molar-refractivity contribution in [3.63, 3.8) is 0 Å². The molecule has 1 aromatic heterocycles. The van der Waals surface area contributed by atoms with Gasteiger partial charge in [-0.25, -0.2) is 4.98 Å². The van der Waals surface area contributed by atoms with Crippen LogP contribution in [-0.2, 0) is 4.74 Å². The number of nitrogens with zero attached hydrogens (tertiary/aromatic N) is 1. The lowest BCUT2D eigenvalue weighted by Crippen LogP contribution is -2.35. The van der Waals surface area contributed by atoms with Crippen molar-refractivity contribution >= 4 is 23.1 Å². The number of ether oxygens (including phenoxy) is 1. The lowest BCUT2D eigenvalue weighted by Gasteiger charge is -2.24. The summed E-state index contributed by atoms with van der Waals surface area (Å²) in [5, 5.41) is 3.83. The molecule has 15 heavy (non-hydrogen) atoms. The highest BCUT2D eigenvalue weighted by atomic mass is 35.5. The average Bonchev–Trinajstić information content (AvgIpc) is 2.58. The van der Waals surface area contributed by atoms with Gasteiger partial charge in [-0.15, -0.1) is 0 Å². The molecule has 1 fully saturated rings. The van der Waals surface area contributed by atoms with Crippen molar-refractivity contribution in [1.82, 2.24) is 4.98 Å². The van der Waals surface area contributed by atoms with E-state index in [2.05, 4.69) is 17.2 Å². The molecule has 1 unspecified atom stereocenters. The topological polar surface area (TPSA) is 60.2 Å². The fourth-order valence-corrected chi connectivity index (χ4v) is 1.82. The van der Waals surface area contributed by atoms with Crippen molar-refractivity contribution in [3.05, 3.63) is 17.3 Å². The normalized spacial score (nSPS) is 25.5. The molecule has 4 nitrogen and oxygen atoms in total. The van der Waals surface area contributed by atoms with Gasteiger partial charge in [-0.05, 0) is 19.4 Å². The van der Waals surface area contributed by atoms with Crippen LogP contribution in [0.1, 0.15) is 13.3 Å². The van der Waals surface area contributed by atoms with Crippen molar-refractivity contribution in [2.24, 2.45) is 0 Å². The molecule has 0 aliphatic carbocycles. The number of rotatable bonds is 2. The second-order valence-corrected chi connectivity index (χ2v) is 4.49. The van der Waals surface area contributed by atoms with Crippen LogP contribution in [0, 0.1) is 0 Å². The number of nitrogens with one attached hydrogen (secondary N) is 1. The second-order valence-electron chi connectivity index (χ2n) is 4.09. The number of hydrogen-bond acceptors (Lipinski definition) is 4. The van der Waals surface area contributed by atoms with E-state index in [1.54, 1.807) is 12.3 Å². The minimum absolute atomic E-state index is 0.0766. The van der Waals surface area contributed by atoms with Crippen molar-refractivity contribution in [2.45, 2.75) is 18.9 Å². The summed E-state index contributed by atoms with van der Waals surface area (Å²) in [5.41, 5.74) is 6.06. The minimum atomic E-state index is -0.0766. The first-order valence-corrected chi connectivity index (χ1v) is 5.24. The zero-order valence-corrected chi connectivity index (χ0v) is 9.34. The van der Waals surface area contributed by atoms with Crippen LogP contribution in [0.3, 0.4) is 0 Å². The smallest absolute Gasteiger partial charge is 0.145 e. The van der Waals surface area contributed by atoms with Crippen LogP contribution in [-0.4, -0.2) is 23.7 Å². The maximum Gasteiger partial charge on any atom is 0.145 e. The molecule has 0 aromatic carbocycles. The summed E-state index contributed by atoms with van der Waals surface area (Å²) in [4.78, 5) is 4.16. The van der Waals surface area contributed by atoms with E-state index in [4.69, 9.17) is 22.1 Å². The first kappa shape index (κ1) is 10.5. The summed E-state index contributed by atoms with van der Waals surface area (Å²) in [6.07, 6.45) is 2.54. The van der Waals surface area contributed by atoms with Crippen molar-refractivity contribution < 1.29 is 4.74 Å². The van der Waals surface area contributed by atoms with Crippen molar-refractivity contribution in [2.75, 3.05) is 24.3 Å². The second kappa shape index (κ2) is 3.87. The summed E-state index contributed by atoms with van der Waals surface area (Å²) in [5.74, 6) is 0.666. The lowest BCUT2D eigenvalue weighted by molar-refractivity contribution is 0.185. The molecule has 1 saturated heterocycles. The van der Waals surface area contributed by atoms with Gasteiger partial charge in [0.15, 0.2) is 0 Å². The van der Waals surface area contributed by atoms with Crippen molar-refractivity contribution in [3.8, 4) is 0 Å². The van der Waals surface area contributed by atoms with E-state index in [0.29, 0.717) is 23.1 Å². The van der Waals surface area contributed by atoms with Crippen LogP contribution in [0.2, 0.25) is 5.02 Å². The molecule has 82 valence electrons. The van der Waals surface area contributed by atoms with E-state index < -0.39 is 0 Å². The van der Waals surface area contributed by atoms with Crippen LogP contribution in [0.5, 0.6) is 0 Å². The number of hydrogen-bond donors (Lipinski definition) is 2. The molecule has 1 aliphatic rings. The molecule has 0 amide bonds. The van der Waals surface area contributed by atoms with Crippen LogP contribution in [0.15, 0.2) is 12.3 Å². The highest BCUT2D eigenvalue weighted by molar-refractivity contribution is 6.33. The first-order valence-electron chi connectivity index (χ1n) is 4.86. The standard InChI is InChI=1S/C10H14ClN3O/c1-10(2-3-15-6-10)14-9-8(11)4-7(12)5-13-9/h4-5H,2-3,6,12H2,1H3,(H,13,14). The van der Waals surface area contributed by atoms with Gasteiger partial charge in [0.25, 0.3) is 0 Å². The van der Waals surface area contributed by atoms with Gasteiger partial charge in [0.1, 0.15) is 5.82 Å². The molecule has 0 radical (unpaired) electrons. The zero-order chi connectivity index (χ0) is 10.9. The van der Waals surface area contributed by atoms with Crippen LogP contribution >= 0.6 is 11.6 Å². The molecule has 1 aliphatic heterocycles. The highest BCUT2D eigenvalue weighted by Gasteiger charge is 2.30. The summed E-state index contributed by atoms with van der Waals surface area (Å²) < 4.78 is 5.34. The fraction of sp³-hybridized carbons (Fsp3) is 0.500. The van der Waals surface area contributed by atoms with E-state index >= 15 is 0 Å². The van der Waals surface area contributed by atoms with E-state index in [1.165, 1.54) is 0 Å². The molecule has 0 spiro atoms. The summed E-state index contributed by atoms with van der Waals surface area (Å²) >= 11 is 6.02. The predicted octanol–water partition coefficient (Wildman–Crippen LogP) is 1.91. The number of nitrogens with two attached hydrogens (primary N) is 1. The predicted molar refractivity (Wildman–Crippen MR) is 61.1 cm³/mol. The molecule has 2 rings (SSSR count). The van der Waals surface area contributed by atoms with Crippen molar-refractivity contribution in [1.29, 1.82) is 0 Å². The number of aromatic nitrogens is 1. The third-order valence-corrected chi connectivity index (χ3v) is 2.79. The van der Waals surface area contributed by atoms with Crippen LogP contribution in [0.25, 0.3) is 0 Å². The molecule has 3 N–H and O–H groups in total. The largest absolute Gasteiger partial charge is 0.397 e. The monoisotopic (exact) mass is 227 g/mol. The molecule has 5 heteroatoms. The van der Waals surface area contributed by atoms with Gasteiger partial charge in [-0.1, -0.05) is 11.6 Å². The molecule has 0 bridgehead atoms. The Kier molecular flexibility index (Phi) is 2.71. The molecule has 2 heterocycles. The molecule has 1 atom stereocenters. The molecule has 0 saturated carbocycles. The number of anilines is 2. The maximum absolute atomic E-state index is 6.02. The summed E-state index contributed by atoms with van der Waals surface area (Å²) in [6.45, 7) is 3.54. The van der Waals surface area contributed by atoms with E-state index in [0.717, 1.165) is 13.0 Å². The maximum atomic E-state index is 6.02. The van der Waals surface area contributed by atoms with Crippen LogP contribution < -0.4 is 11.1 Å². The molecule has 1 aromatic rings. The van der Waals surface area contributed by atoms with Crippen LogP contribution in [0.4, 0.5) is 11.5 Å². The SMILES string of the molecule is CC1(Nc2ncc(N)cc2Cl)CCOC1. The lowest BCUT2D eigenvalue weighted by atomic mass is 10.0. The Morgan fingerprint density at radius 2 is 2.47 bits per heavy atom. The summed E-state index contributed by atoms with van der Waals surface area (Å²) in [6, 6.07) is 1.69. The van der Waals surface area contributed by atoms with Gasteiger partial charge in [0.2, 0.25) is 0 Å². The third-order valence-electron chi connectivity index (χ3n) is 2.50. The van der Waals surface area contributed by atoms with Gasteiger partial charge >= 0.3 is 0 Å². The Labute approximate surface area is 93.8 Å². The molecular weight excluding hydrogens is 214 g/mol. The third kappa shape index (κ3) is 2.33. The van der Waals surface area contributed by atoms with Gasteiger partial charge in [-0.2, -0.15) is 0 Å². The number of nitrogen functional groups attached to an aromatic ring is 1. The summed E-state index contributed by atoms with van der Waals surface area (Å²) in [7, 11) is 0. The van der Waals surface area contributed by atoms with Gasteiger partial charge in [-0.3, -0.25) is 0 Å². The van der Waals surface area contributed by atoms with Gasteiger partial charge in [0, 0.05) is 6.61 Å². The van der Waals surface area contributed by atoms with E-state index in [-0.39, 0.29) is 5.54 Å². The Morgan fingerprint density at radius 1 is 1.67 bits per heavy atom. The Morgan fingerprint density at radius 3 is 3.07 bits per heavy atom. The fourth-order valence-electron chi connectivity index (χ4n) is 1.60. The Balaban J connectivity index is 2.16. The Bertz CT molecular complexity index is 364.